The van der Waals surface area contributed by atoms with E-state index in [4.69, 9.17) is 23.2 Å². The maximum atomic E-state index is 12.6. The van der Waals surface area contributed by atoms with E-state index in [-0.39, 0.29) is 11.8 Å². The van der Waals surface area contributed by atoms with Crippen LogP contribution in [0.5, 0.6) is 0 Å². The fourth-order valence-electron chi connectivity index (χ4n) is 3.57. The predicted octanol–water partition coefficient (Wildman–Crippen LogP) is 3.76. The largest absolute Gasteiger partial charge is 0.389 e. The van der Waals surface area contributed by atoms with Gasteiger partial charge in [0.1, 0.15) is 0 Å². The second-order valence-electron chi connectivity index (χ2n) is 6.18. The third-order valence-corrected chi connectivity index (χ3v) is 5.62. The molecule has 0 aromatic heterocycles. The Bertz CT molecular complexity index is 563. The quantitative estimate of drug-likeness (QED) is 0.853. The summed E-state index contributed by atoms with van der Waals surface area (Å²) in [7, 11) is 0. The van der Waals surface area contributed by atoms with E-state index in [0.29, 0.717) is 35.1 Å². The summed E-state index contributed by atoms with van der Waals surface area (Å²) in [5.74, 6) is 0.174. The maximum absolute atomic E-state index is 12.6. The molecule has 3 rings (SSSR count). The molecule has 1 saturated carbocycles. The number of aliphatic hydroxyl groups is 1. The van der Waals surface area contributed by atoms with E-state index in [1.54, 1.807) is 18.2 Å². The summed E-state index contributed by atoms with van der Waals surface area (Å²) >= 11 is 11.9. The van der Waals surface area contributed by atoms with Gasteiger partial charge in [0, 0.05) is 24.6 Å². The fraction of sp³-hybridized carbons (Fsp3) is 0.562. The van der Waals surface area contributed by atoms with Crippen LogP contribution < -0.4 is 0 Å². The predicted molar refractivity (Wildman–Crippen MR) is 83.9 cm³/mol. The lowest BCUT2D eigenvalue weighted by atomic mass is 9.71. The fourth-order valence-corrected chi connectivity index (χ4v) is 3.87. The molecule has 2 atom stereocenters. The number of likely N-dealkylation sites (tertiary alicyclic amines) is 1. The van der Waals surface area contributed by atoms with Crippen LogP contribution in [-0.2, 0) is 0 Å². The lowest BCUT2D eigenvalue weighted by Gasteiger charge is -2.47. The first-order valence-electron chi connectivity index (χ1n) is 7.46. The average molecular weight is 328 g/mol. The molecule has 114 valence electrons. The van der Waals surface area contributed by atoms with Crippen LogP contribution >= 0.6 is 23.2 Å². The molecule has 1 aliphatic carbocycles. The van der Waals surface area contributed by atoms with Gasteiger partial charge in [0.2, 0.25) is 0 Å². The molecular formula is C16H19Cl2NO2. The zero-order valence-corrected chi connectivity index (χ0v) is 13.3. The number of hydrogen-bond donors (Lipinski definition) is 1. The Hall–Kier alpha value is -0.770. The molecule has 2 unspecified atom stereocenters. The molecule has 5 heteroatoms. The van der Waals surface area contributed by atoms with Gasteiger partial charge in [-0.3, -0.25) is 4.79 Å². The minimum absolute atomic E-state index is 0.0267. The number of piperidine rings is 1. The second kappa shape index (κ2) is 5.79. The number of nitrogens with zero attached hydrogens (tertiary/aromatic N) is 1. The lowest BCUT2D eigenvalue weighted by molar-refractivity contribution is -0.0886. The highest BCUT2D eigenvalue weighted by Crippen LogP contribution is 2.40. The number of carbonyl (C=O) groups is 1. The number of benzene rings is 1. The summed E-state index contributed by atoms with van der Waals surface area (Å²) in [4.78, 5) is 14.4. The molecule has 1 N–H and O–H groups in total. The third-order valence-electron chi connectivity index (χ3n) is 4.88. The summed E-state index contributed by atoms with van der Waals surface area (Å²) in [6.07, 6.45) is 4.77. The van der Waals surface area contributed by atoms with E-state index in [1.165, 1.54) is 0 Å². The Morgan fingerprint density at radius 1 is 1.24 bits per heavy atom. The van der Waals surface area contributed by atoms with Crippen molar-refractivity contribution in [2.24, 2.45) is 5.92 Å². The van der Waals surface area contributed by atoms with Gasteiger partial charge in [-0.25, -0.2) is 0 Å². The summed E-state index contributed by atoms with van der Waals surface area (Å²) in [5, 5.41) is 11.5. The van der Waals surface area contributed by atoms with E-state index >= 15 is 0 Å². The number of amides is 1. The summed E-state index contributed by atoms with van der Waals surface area (Å²) in [6, 6.07) is 4.98. The van der Waals surface area contributed by atoms with Crippen molar-refractivity contribution in [2.45, 2.75) is 37.7 Å². The van der Waals surface area contributed by atoms with Crippen molar-refractivity contribution in [1.29, 1.82) is 0 Å². The first kappa shape index (κ1) is 15.1. The van der Waals surface area contributed by atoms with Crippen LogP contribution in [0.1, 0.15) is 42.5 Å². The van der Waals surface area contributed by atoms with Crippen LogP contribution in [0.3, 0.4) is 0 Å². The Labute approximate surface area is 134 Å². The van der Waals surface area contributed by atoms with E-state index in [2.05, 4.69) is 0 Å². The molecule has 0 spiro atoms. The third kappa shape index (κ3) is 2.92. The highest BCUT2D eigenvalue weighted by atomic mass is 35.5. The highest BCUT2D eigenvalue weighted by molar-refractivity contribution is 6.42. The van der Waals surface area contributed by atoms with Crippen LogP contribution in [0.15, 0.2) is 18.2 Å². The topological polar surface area (TPSA) is 40.5 Å². The van der Waals surface area contributed by atoms with Crippen molar-refractivity contribution in [3.8, 4) is 0 Å². The van der Waals surface area contributed by atoms with Gasteiger partial charge in [-0.15, -0.1) is 0 Å². The van der Waals surface area contributed by atoms with Crippen LogP contribution in [0.2, 0.25) is 10.0 Å². The molecule has 1 aromatic carbocycles. The van der Waals surface area contributed by atoms with E-state index in [9.17, 15) is 9.90 Å². The number of fused-ring (bicyclic) bond motifs is 1. The van der Waals surface area contributed by atoms with Crippen LogP contribution in [-0.4, -0.2) is 34.6 Å². The van der Waals surface area contributed by atoms with Crippen molar-refractivity contribution >= 4 is 29.1 Å². The zero-order chi connectivity index (χ0) is 15.0. The van der Waals surface area contributed by atoms with Crippen molar-refractivity contribution in [1.82, 2.24) is 4.90 Å². The zero-order valence-electron chi connectivity index (χ0n) is 11.8. The summed E-state index contributed by atoms with van der Waals surface area (Å²) in [5.41, 5.74) is -0.00204. The number of carbonyl (C=O) groups excluding carboxylic acids is 1. The average Bonchev–Trinajstić information content (AvgIpc) is 2.48. The molecule has 3 nitrogen and oxygen atoms in total. The molecular weight excluding hydrogens is 309 g/mol. The molecule has 1 saturated heterocycles. The minimum Gasteiger partial charge on any atom is -0.389 e. The van der Waals surface area contributed by atoms with Gasteiger partial charge in [-0.2, -0.15) is 0 Å². The molecule has 2 fully saturated rings. The molecule has 0 radical (unpaired) electrons. The first-order chi connectivity index (χ1) is 9.99. The molecule has 2 aliphatic rings. The van der Waals surface area contributed by atoms with Gasteiger partial charge >= 0.3 is 0 Å². The van der Waals surface area contributed by atoms with Crippen LogP contribution in [0.4, 0.5) is 0 Å². The molecule has 1 amide bonds. The van der Waals surface area contributed by atoms with E-state index in [0.717, 1.165) is 25.7 Å². The molecule has 1 heterocycles. The van der Waals surface area contributed by atoms with Gasteiger partial charge in [-0.1, -0.05) is 36.0 Å². The SMILES string of the molecule is O=C(c1ccc(Cl)c(Cl)c1)N1CCC2(O)CCCCC2C1. The number of rotatable bonds is 1. The van der Waals surface area contributed by atoms with Crippen LogP contribution in [0, 0.1) is 5.92 Å². The van der Waals surface area contributed by atoms with E-state index in [1.807, 2.05) is 4.90 Å². The Kier molecular flexibility index (Phi) is 4.17. The first-order valence-corrected chi connectivity index (χ1v) is 8.22. The van der Waals surface area contributed by atoms with Crippen molar-refractivity contribution in [2.75, 3.05) is 13.1 Å². The van der Waals surface area contributed by atoms with Gasteiger partial charge in [0.05, 0.1) is 15.6 Å². The van der Waals surface area contributed by atoms with Gasteiger partial charge < -0.3 is 10.0 Å². The smallest absolute Gasteiger partial charge is 0.253 e. The van der Waals surface area contributed by atoms with Crippen molar-refractivity contribution in [3.05, 3.63) is 33.8 Å². The normalized spacial score (nSPS) is 29.1. The molecule has 1 aromatic rings. The van der Waals surface area contributed by atoms with Gasteiger partial charge in [-0.05, 0) is 37.5 Å². The molecule has 21 heavy (non-hydrogen) atoms. The molecule has 1 aliphatic heterocycles. The second-order valence-corrected chi connectivity index (χ2v) is 6.99. The summed E-state index contributed by atoms with van der Waals surface area (Å²) < 4.78 is 0. The Balaban J connectivity index is 1.75. The number of hydrogen-bond acceptors (Lipinski definition) is 2. The monoisotopic (exact) mass is 327 g/mol. The van der Waals surface area contributed by atoms with Gasteiger partial charge in [0.15, 0.2) is 0 Å². The maximum Gasteiger partial charge on any atom is 0.253 e. The van der Waals surface area contributed by atoms with Crippen molar-refractivity contribution < 1.29 is 9.90 Å². The lowest BCUT2D eigenvalue weighted by Crippen LogP contribution is -2.54. The van der Waals surface area contributed by atoms with Gasteiger partial charge in [0.25, 0.3) is 5.91 Å². The Morgan fingerprint density at radius 2 is 2.05 bits per heavy atom. The van der Waals surface area contributed by atoms with Crippen molar-refractivity contribution in [3.63, 3.8) is 0 Å². The standard InChI is InChI=1S/C16H19Cl2NO2/c17-13-5-4-11(9-14(13)18)15(20)19-8-7-16(21)6-2-1-3-12(16)10-19/h4-5,9,12,21H,1-3,6-8,10H2. The number of halogens is 2. The highest BCUT2D eigenvalue weighted by Gasteiger charge is 2.43. The molecule has 0 bridgehead atoms. The minimum atomic E-state index is -0.563. The van der Waals surface area contributed by atoms with Crippen LogP contribution in [0.25, 0.3) is 0 Å². The Morgan fingerprint density at radius 3 is 2.81 bits per heavy atom. The van der Waals surface area contributed by atoms with E-state index < -0.39 is 5.60 Å². The summed E-state index contributed by atoms with van der Waals surface area (Å²) in [6.45, 7) is 1.24.